The van der Waals surface area contributed by atoms with Crippen LogP contribution >= 0.6 is 0 Å². The number of hydrogen-bond acceptors (Lipinski definition) is 3. The van der Waals surface area contributed by atoms with Crippen molar-refractivity contribution in [2.24, 2.45) is 11.3 Å². The molecule has 120 valence electrons. The van der Waals surface area contributed by atoms with Gasteiger partial charge in [-0.2, -0.15) is 0 Å². The van der Waals surface area contributed by atoms with Crippen LogP contribution in [-0.2, 0) is 6.54 Å². The van der Waals surface area contributed by atoms with Gasteiger partial charge in [-0.25, -0.2) is 4.79 Å². The van der Waals surface area contributed by atoms with Crippen molar-refractivity contribution in [3.63, 3.8) is 0 Å². The largest absolute Gasteiger partial charge is 0.495 e. The van der Waals surface area contributed by atoms with Crippen LogP contribution in [0.5, 0.6) is 5.75 Å². The highest BCUT2D eigenvalue weighted by Crippen LogP contribution is 2.52. The van der Waals surface area contributed by atoms with Crippen molar-refractivity contribution in [2.45, 2.75) is 45.7 Å². The minimum absolute atomic E-state index is 0.0380. The zero-order valence-corrected chi connectivity index (χ0v) is 13.6. The average Bonchev–Trinajstić information content (AvgIpc) is 2.84. The second-order valence-electron chi connectivity index (χ2n) is 6.95. The molecular formula is C17H25N3O2. The Morgan fingerprint density at radius 1 is 1.50 bits per heavy atom. The number of ether oxygens (including phenoxy) is 1. The molecule has 2 unspecified atom stereocenters. The van der Waals surface area contributed by atoms with E-state index in [1.165, 1.54) is 6.42 Å². The van der Waals surface area contributed by atoms with Crippen molar-refractivity contribution < 1.29 is 9.53 Å². The van der Waals surface area contributed by atoms with Crippen molar-refractivity contribution in [3.8, 4) is 5.75 Å². The Kier molecular flexibility index (Phi) is 3.98. The smallest absolute Gasteiger partial charge is 0.317 e. The second-order valence-corrected chi connectivity index (χ2v) is 6.95. The summed E-state index contributed by atoms with van der Waals surface area (Å²) in [6, 6.07) is 4.16. The molecule has 3 heterocycles. The summed E-state index contributed by atoms with van der Waals surface area (Å²) in [4.78, 5) is 18.9. The van der Waals surface area contributed by atoms with Crippen LogP contribution in [-0.4, -0.2) is 35.6 Å². The molecule has 0 radical (unpaired) electrons. The quantitative estimate of drug-likeness (QED) is 0.934. The number of methoxy groups -OCH3 is 1. The van der Waals surface area contributed by atoms with Gasteiger partial charge in [0.05, 0.1) is 25.5 Å². The zero-order chi connectivity index (χ0) is 15.7. The maximum atomic E-state index is 12.5. The molecule has 1 aliphatic carbocycles. The molecule has 2 aliphatic heterocycles. The van der Waals surface area contributed by atoms with Gasteiger partial charge >= 0.3 is 6.03 Å². The number of hydrogen-bond donors (Lipinski definition) is 1. The molecule has 3 aliphatic rings. The maximum Gasteiger partial charge on any atom is 0.317 e. The standard InChI is InChI=1S/C17H25N3O2/c1-17(2)12-5-4-8-20(15(17)9-12)16(21)19-10-13-6-7-14(22-3)11-18-13/h6-7,11-12,15H,4-5,8-10H2,1-3H3,(H,19,21). The molecule has 0 spiro atoms. The topological polar surface area (TPSA) is 54.5 Å². The van der Waals surface area contributed by atoms with Crippen LogP contribution in [0.3, 0.4) is 0 Å². The van der Waals surface area contributed by atoms with Gasteiger partial charge in [0, 0.05) is 12.6 Å². The molecule has 4 rings (SSSR count). The van der Waals surface area contributed by atoms with Crippen LogP contribution in [0.4, 0.5) is 4.79 Å². The molecule has 5 nitrogen and oxygen atoms in total. The lowest BCUT2D eigenvalue weighted by Gasteiger charge is -2.54. The molecule has 2 atom stereocenters. The fraction of sp³-hybridized carbons (Fsp3) is 0.647. The van der Waals surface area contributed by atoms with Gasteiger partial charge in [0.15, 0.2) is 0 Å². The summed E-state index contributed by atoms with van der Waals surface area (Å²) in [7, 11) is 1.62. The molecule has 5 heteroatoms. The summed E-state index contributed by atoms with van der Waals surface area (Å²) in [5.41, 5.74) is 1.10. The van der Waals surface area contributed by atoms with E-state index in [0.717, 1.165) is 36.7 Å². The minimum Gasteiger partial charge on any atom is -0.495 e. The Morgan fingerprint density at radius 2 is 2.32 bits per heavy atom. The van der Waals surface area contributed by atoms with Gasteiger partial charge < -0.3 is 15.0 Å². The summed E-state index contributed by atoms with van der Waals surface area (Å²) in [6.07, 6.45) is 5.18. The number of carbonyl (C=O) groups excluding carboxylic acids is 1. The number of aromatic nitrogens is 1. The summed E-state index contributed by atoms with van der Waals surface area (Å²) < 4.78 is 5.09. The van der Waals surface area contributed by atoms with E-state index in [9.17, 15) is 4.79 Å². The molecule has 1 N–H and O–H groups in total. The van der Waals surface area contributed by atoms with E-state index in [0.29, 0.717) is 12.6 Å². The zero-order valence-electron chi connectivity index (χ0n) is 13.6. The third-order valence-corrected chi connectivity index (χ3v) is 5.46. The number of carbonyl (C=O) groups is 1. The number of amides is 2. The normalized spacial score (nSPS) is 25.9. The number of pyridine rings is 1. The van der Waals surface area contributed by atoms with Crippen LogP contribution in [0.1, 0.15) is 38.8 Å². The monoisotopic (exact) mass is 303 g/mol. The van der Waals surface area contributed by atoms with Crippen LogP contribution in [0.15, 0.2) is 18.3 Å². The van der Waals surface area contributed by atoms with Crippen LogP contribution in [0.25, 0.3) is 0 Å². The highest BCUT2D eigenvalue weighted by Gasteiger charge is 2.52. The highest BCUT2D eigenvalue weighted by molar-refractivity contribution is 5.75. The first-order valence-corrected chi connectivity index (χ1v) is 8.05. The Hall–Kier alpha value is -1.78. The first kappa shape index (κ1) is 15.1. The fourth-order valence-corrected chi connectivity index (χ4v) is 3.82. The second kappa shape index (κ2) is 5.78. The molecule has 2 bridgehead atoms. The third-order valence-electron chi connectivity index (χ3n) is 5.46. The van der Waals surface area contributed by atoms with E-state index in [4.69, 9.17) is 4.74 Å². The molecule has 2 amide bonds. The lowest BCUT2D eigenvalue weighted by atomic mass is 9.58. The van der Waals surface area contributed by atoms with Gasteiger partial charge in [0.25, 0.3) is 0 Å². The SMILES string of the molecule is COc1ccc(CNC(=O)N2CCCC3CC2C3(C)C)nc1. The predicted octanol–water partition coefficient (Wildman–Crippen LogP) is 2.81. The molecule has 3 fully saturated rings. The van der Waals surface area contributed by atoms with Crippen LogP contribution in [0, 0.1) is 11.3 Å². The van der Waals surface area contributed by atoms with Crippen molar-refractivity contribution in [1.82, 2.24) is 15.2 Å². The van der Waals surface area contributed by atoms with Gasteiger partial charge in [-0.15, -0.1) is 0 Å². The van der Waals surface area contributed by atoms with Gasteiger partial charge in [0.1, 0.15) is 5.75 Å². The van der Waals surface area contributed by atoms with Crippen LogP contribution in [0.2, 0.25) is 0 Å². The number of fused-ring (bicyclic) bond motifs is 3. The number of nitrogens with zero attached hydrogens (tertiary/aromatic N) is 2. The number of urea groups is 1. The van der Waals surface area contributed by atoms with E-state index in [1.807, 2.05) is 17.0 Å². The third kappa shape index (κ3) is 2.64. The summed E-state index contributed by atoms with van der Waals surface area (Å²) in [5, 5.41) is 3.01. The van der Waals surface area contributed by atoms with Crippen molar-refractivity contribution in [1.29, 1.82) is 0 Å². The Labute approximate surface area is 132 Å². The van der Waals surface area contributed by atoms with E-state index in [2.05, 4.69) is 24.1 Å². The lowest BCUT2D eigenvalue weighted by Crippen LogP contribution is -2.59. The maximum absolute atomic E-state index is 12.5. The van der Waals surface area contributed by atoms with Gasteiger partial charge in [-0.05, 0) is 42.7 Å². The van der Waals surface area contributed by atoms with Gasteiger partial charge in [-0.3, -0.25) is 4.98 Å². The molecule has 0 aromatic carbocycles. The minimum atomic E-state index is 0.0380. The molecule has 1 aromatic heterocycles. The van der Waals surface area contributed by atoms with Crippen LogP contribution < -0.4 is 10.1 Å². The van der Waals surface area contributed by atoms with E-state index >= 15 is 0 Å². The number of rotatable bonds is 3. The number of nitrogens with one attached hydrogen (secondary N) is 1. The van der Waals surface area contributed by atoms with E-state index < -0.39 is 0 Å². The summed E-state index contributed by atoms with van der Waals surface area (Å²) in [6.45, 7) is 5.91. The Bertz CT molecular complexity index is 541. The van der Waals surface area contributed by atoms with Gasteiger partial charge in [-0.1, -0.05) is 13.8 Å². The first-order chi connectivity index (χ1) is 10.5. The molecular weight excluding hydrogens is 278 g/mol. The highest BCUT2D eigenvalue weighted by atomic mass is 16.5. The lowest BCUT2D eigenvalue weighted by molar-refractivity contribution is -0.0249. The van der Waals surface area contributed by atoms with Crippen molar-refractivity contribution in [3.05, 3.63) is 24.0 Å². The summed E-state index contributed by atoms with van der Waals surface area (Å²) in [5.74, 6) is 1.50. The van der Waals surface area contributed by atoms with Crippen molar-refractivity contribution >= 4 is 6.03 Å². The fourth-order valence-electron chi connectivity index (χ4n) is 3.82. The average molecular weight is 303 g/mol. The van der Waals surface area contributed by atoms with E-state index in [1.54, 1.807) is 13.3 Å². The molecule has 1 saturated carbocycles. The summed E-state index contributed by atoms with van der Waals surface area (Å²) >= 11 is 0. The molecule has 2 saturated heterocycles. The Balaban J connectivity index is 1.59. The Morgan fingerprint density at radius 3 is 2.95 bits per heavy atom. The molecule has 22 heavy (non-hydrogen) atoms. The first-order valence-electron chi connectivity index (χ1n) is 8.05. The van der Waals surface area contributed by atoms with Gasteiger partial charge in [0.2, 0.25) is 0 Å². The predicted molar refractivity (Wildman–Crippen MR) is 84.6 cm³/mol. The van der Waals surface area contributed by atoms with Crippen molar-refractivity contribution in [2.75, 3.05) is 13.7 Å². The molecule has 1 aromatic rings. The van der Waals surface area contributed by atoms with E-state index in [-0.39, 0.29) is 11.4 Å².